The minimum absolute atomic E-state index is 0. The Bertz CT molecular complexity index is 1620. The molecule has 0 saturated carbocycles. The van der Waals surface area contributed by atoms with Gasteiger partial charge in [0.1, 0.15) is 0 Å². The third-order valence-electron chi connectivity index (χ3n) is 7.05. The monoisotopic (exact) mass is 655 g/mol. The largest absolute Gasteiger partial charge is 4.00 e. The fourth-order valence-corrected chi connectivity index (χ4v) is 5.33. The third-order valence-corrected chi connectivity index (χ3v) is 7.05. The van der Waals surface area contributed by atoms with Gasteiger partial charge in [0.25, 0.3) is 0 Å². The zero-order valence-electron chi connectivity index (χ0n) is 20.1. The molecule has 0 saturated heterocycles. The van der Waals surface area contributed by atoms with Crippen molar-refractivity contribution < 1.29 is 21.1 Å². The van der Waals surface area contributed by atoms with Crippen LogP contribution in [0, 0.1) is 12.1 Å². The molecule has 0 fully saturated rings. The number of fused-ring (bicyclic) bond motifs is 12. The molecule has 1 aliphatic heterocycles. The first-order chi connectivity index (χ1) is 17.8. The molecule has 4 bridgehead atoms. The smallest absolute Gasteiger partial charge is 0.390 e. The first-order valence-corrected chi connectivity index (χ1v) is 12.4. The Morgan fingerprint density at radius 3 is 1.41 bits per heavy atom. The fourth-order valence-electron chi connectivity index (χ4n) is 5.33. The summed E-state index contributed by atoms with van der Waals surface area (Å²) in [6, 6.07) is 46.2. The molecule has 37 heavy (non-hydrogen) atoms. The van der Waals surface area contributed by atoms with Gasteiger partial charge in [0.2, 0.25) is 0 Å². The molecule has 3 heteroatoms. The summed E-state index contributed by atoms with van der Waals surface area (Å²) in [5.74, 6) is 0. The van der Waals surface area contributed by atoms with E-state index in [1.54, 1.807) is 0 Å². The normalized spacial score (nSPS) is 12.3. The van der Waals surface area contributed by atoms with E-state index in [0.717, 1.165) is 33.6 Å². The van der Waals surface area contributed by atoms with Gasteiger partial charge in [-0.1, -0.05) is 82.6 Å². The Hall–Kier alpha value is -3.87. The average Bonchev–Trinajstić information content (AvgIpc) is 2.94. The second-order valence-corrected chi connectivity index (χ2v) is 9.31. The number of anilines is 2. The van der Waals surface area contributed by atoms with Crippen LogP contribution in [0.25, 0.3) is 43.8 Å². The zero-order chi connectivity index (χ0) is 23.9. The summed E-state index contributed by atoms with van der Waals surface area (Å²) < 4.78 is 0. The molecule has 1 aliphatic rings. The molecule has 0 aliphatic carbocycles. The molecule has 0 radical (unpaired) electrons. The molecule has 0 unspecified atom stereocenters. The molecule has 0 atom stereocenters. The van der Waals surface area contributed by atoms with E-state index < -0.39 is 0 Å². The number of hydrogen-bond acceptors (Lipinski definition) is 2. The second kappa shape index (κ2) is 9.88. The van der Waals surface area contributed by atoms with Gasteiger partial charge in [-0.2, -0.15) is 0 Å². The third kappa shape index (κ3) is 4.32. The van der Waals surface area contributed by atoms with Gasteiger partial charge in [-0.05, 0) is 34.3 Å². The van der Waals surface area contributed by atoms with Crippen molar-refractivity contribution in [1.29, 1.82) is 0 Å². The molecule has 2 nitrogen and oxygen atoms in total. The van der Waals surface area contributed by atoms with E-state index in [2.05, 4.69) is 132 Å². The van der Waals surface area contributed by atoms with Crippen LogP contribution in [0.2, 0.25) is 0 Å². The van der Waals surface area contributed by atoms with E-state index in [4.69, 9.17) is 0 Å². The van der Waals surface area contributed by atoms with Crippen molar-refractivity contribution in [3.05, 3.63) is 132 Å². The Kier molecular flexibility index (Phi) is 6.28. The summed E-state index contributed by atoms with van der Waals surface area (Å²) >= 11 is 0. The minimum Gasteiger partial charge on any atom is -0.390 e. The van der Waals surface area contributed by atoms with Crippen molar-refractivity contribution in [1.82, 2.24) is 0 Å². The van der Waals surface area contributed by atoms with E-state index >= 15 is 0 Å². The molecule has 178 valence electrons. The predicted molar refractivity (Wildman–Crippen MR) is 151 cm³/mol. The van der Waals surface area contributed by atoms with Crippen molar-refractivity contribution in [2.45, 2.75) is 13.1 Å². The number of rotatable bonds is 0. The van der Waals surface area contributed by atoms with Crippen LogP contribution in [0.15, 0.2) is 109 Å². The Morgan fingerprint density at radius 2 is 0.919 bits per heavy atom. The number of nitrogens with one attached hydrogen (secondary N) is 2. The van der Waals surface area contributed by atoms with Gasteiger partial charge in [-0.3, -0.25) is 0 Å². The summed E-state index contributed by atoms with van der Waals surface area (Å²) in [6.45, 7) is 1.37. The molecule has 0 spiro atoms. The van der Waals surface area contributed by atoms with Gasteiger partial charge in [0.05, 0.1) is 0 Å². The molecule has 7 rings (SSSR count). The molecule has 0 amide bonds. The van der Waals surface area contributed by atoms with Crippen molar-refractivity contribution in [3.63, 3.8) is 0 Å². The maximum Gasteiger partial charge on any atom is 4.00 e. The van der Waals surface area contributed by atoms with Crippen LogP contribution >= 0.6 is 0 Å². The zero-order valence-corrected chi connectivity index (χ0v) is 22.4. The minimum atomic E-state index is 0. The standard InChI is InChI=1S/C34H24N2.Pt/c1-3-13-29-25(9-1)15-17-31-33(29)27-11-5-7-23(19-27)22-36-32-18-16-26-10-2-4-14-30(26)34(32)28-12-6-8-24(20-28)21-35-31;/h1-18,35-36H,21-22H2;/q-2;+4. The van der Waals surface area contributed by atoms with Crippen molar-refractivity contribution in [2.75, 3.05) is 10.6 Å². The molecule has 0 aromatic heterocycles. The Labute approximate surface area is 231 Å². The van der Waals surface area contributed by atoms with Crippen molar-refractivity contribution in [2.24, 2.45) is 0 Å². The molecule has 6 aromatic rings. The summed E-state index contributed by atoms with van der Waals surface area (Å²) in [7, 11) is 0. The summed E-state index contributed by atoms with van der Waals surface area (Å²) in [4.78, 5) is 0. The van der Waals surface area contributed by atoms with Gasteiger partial charge < -0.3 is 10.6 Å². The average molecular weight is 656 g/mol. The van der Waals surface area contributed by atoms with E-state index in [0.29, 0.717) is 13.1 Å². The van der Waals surface area contributed by atoms with E-state index in [9.17, 15) is 0 Å². The Balaban J connectivity index is 0.00000252. The van der Waals surface area contributed by atoms with Gasteiger partial charge in [-0.15, -0.1) is 70.8 Å². The summed E-state index contributed by atoms with van der Waals surface area (Å²) in [6.07, 6.45) is 0. The van der Waals surface area contributed by atoms with E-state index in [1.165, 1.54) is 32.7 Å². The Morgan fingerprint density at radius 1 is 0.459 bits per heavy atom. The molecule has 2 N–H and O–H groups in total. The van der Waals surface area contributed by atoms with Gasteiger partial charge in [0, 0.05) is 13.1 Å². The van der Waals surface area contributed by atoms with Crippen LogP contribution in [0.5, 0.6) is 0 Å². The first kappa shape index (κ1) is 23.5. The predicted octanol–water partition coefficient (Wildman–Crippen LogP) is 8.46. The maximum absolute atomic E-state index is 3.72. The number of benzene rings is 6. The van der Waals surface area contributed by atoms with Crippen molar-refractivity contribution in [3.8, 4) is 22.3 Å². The van der Waals surface area contributed by atoms with Crippen LogP contribution in [-0.2, 0) is 34.2 Å². The van der Waals surface area contributed by atoms with E-state index in [-0.39, 0.29) is 21.1 Å². The van der Waals surface area contributed by atoms with Gasteiger partial charge >= 0.3 is 21.1 Å². The SMILES string of the molecule is [Pt+4].[c-]1c2cccc1-c1c(ccc3ccccc13)NCc1[c-]c(ccc1)-c1c(ccc3ccccc13)NC2. The summed E-state index contributed by atoms with van der Waals surface area (Å²) in [5, 5.41) is 12.4. The second-order valence-electron chi connectivity index (χ2n) is 9.31. The first-order valence-electron chi connectivity index (χ1n) is 12.4. The van der Waals surface area contributed by atoms with Crippen LogP contribution < -0.4 is 10.6 Å². The molecular weight excluding hydrogens is 631 g/mol. The molecule has 6 aromatic carbocycles. The van der Waals surface area contributed by atoms with Gasteiger partial charge in [0.15, 0.2) is 0 Å². The molecule has 1 heterocycles. The number of hydrogen-bond donors (Lipinski definition) is 2. The van der Waals surface area contributed by atoms with Crippen LogP contribution in [0.4, 0.5) is 11.4 Å². The van der Waals surface area contributed by atoms with E-state index in [1.807, 2.05) is 0 Å². The van der Waals surface area contributed by atoms with Crippen LogP contribution in [-0.4, -0.2) is 0 Å². The fraction of sp³-hybridized carbons (Fsp3) is 0.0588. The van der Waals surface area contributed by atoms with Crippen molar-refractivity contribution >= 4 is 32.9 Å². The molecular formula is C34H24N2Pt+2. The quantitative estimate of drug-likeness (QED) is 0.161. The van der Waals surface area contributed by atoms with Gasteiger partial charge in [-0.25, -0.2) is 0 Å². The van der Waals surface area contributed by atoms with Crippen LogP contribution in [0.3, 0.4) is 0 Å². The summed E-state index contributed by atoms with van der Waals surface area (Å²) in [5.41, 5.74) is 9.04. The topological polar surface area (TPSA) is 24.1 Å². The maximum atomic E-state index is 3.72. The van der Waals surface area contributed by atoms with Crippen LogP contribution in [0.1, 0.15) is 11.1 Å².